The van der Waals surface area contributed by atoms with Crippen molar-refractivity contribution in [1.29, 1.82) is 0 Å². The molecule has 0 spiro atoms. The van der Waals surface area contributed by atoms with Gasteiger partial charge in [0.25, 0.3) is 0 Å². The molecule has 1 aliphatic rings. The molecule has 3 N–H and O–H groups in total. The van der Waals surface area contributed by atoms with Gasteiger partial charge in [0.05, 0.1) is 28.2 Å². The first kappa shape index (κ1) is 22.7. The SMILES string of the molecule is CS(=O)(=O)c1cncc(-c2ccc(N)c(N(C(=O)Nc3cccnc3)C3CCCCC3)n2)c1. The largest absolute Gasteiger partial charge is 0.396 e. The zero-order valence-corrected chi connectivity index (χ0v) is 19.1. The second-order valence-electron chi connectivity index (χ2n) is 8.12. The van der Waals surface area contributed by atoms with Crippen molar-refractivity contribution in [2.24, 2.45) is 0 Å². The first-order chi connectivity index (χ1) is 15.8. The van der Waals surface area contributed by atoms with Gasteiger partial charge in [-0.05, 0) is 43.2 Å². The van der Waals surface area contributed by atoms with E-state index in [1.165, 1.54) is 18.5 Å². The van der Waals surface area contributed by atoms with Gasteiger partial charge in [0.1, 0.15) is 0 Å². The molecular weight excluding hydrogens is 440 g/mol. The first-order valence-electron chi connectivity index (χ1n) is 10.7. The number of amides is 2. The molecule has 0 unspecified atom stereocenters. The number of nitrogens with zero attached hydrogens (tertiary/aromatic N) is 4. The van der Waals surface area contributed by atoms with Gasteiger partial charge in [-0.3, -0.25) is 14.9 Å². The van der Waals surface area contributed by atoms with E-state index in [-0.39, 0.29) is 17.0 Å². The van der Waals surface area contributed by atoms with Crippen LogP contribution in [0.2, 0.25) is 0 Å². The maximum atomic E-state index is 13.4. The molecule has 0 aromatic carbocycles. The van der Waals surface area contributed by atoms with Crippen molar-refractivity contribution in [2.75, 3.05) is 22.2 Å². The van der Waals surface area contributed by atoms with Gasteiger partial charge in [-0.25, -0.2) is 18.2 Å². The zero-order valence-electron chi connectivity index (χ0n) is 18.3. The summed E-state index contributed by atoms with van der Waals surface area (Å²) in [5, 5.41) is 2.89. The summed E-state index contributed by atoms with van der Waals surface area (Å²) in [6.45, 7) is 0. The minimum absolute atomic E-state index is 0.0547. The van der Waals surface area contributed by atoms with Crippen molar-refractivity contribution in [1.82, 2.24) is 15.0 Å². The smallest absolute Gasteiger partial charge is 0.327 e. The van der Waals surface area contributed by atoms with Crippen LogP contribution in [-0.2, 0) is 9.84 Å². The quantitative estimate of drug-likeness (QED) is 0.583. The fraction of sp³-hybridized carbons (Fsp3) is 0.304. The number of hydrogen-bond acceptors (Lipinski definition) is 7. The highest BCUT2D eigenvalue weighted by molar-refractivity contribution is 7.90. The molecule has 1 aliphatic carbocycles. The number of hydrogen-bond donors (Lipinski definition) is 2. The highest BCUT2D eigenvalue weighted by Gasteiger charge is 2.30. The van der Waals surface area contributed by atoms with Crippen LogP contribution in [0.15, 0.2) is 60.0 Å². The number of aromatic nitrogens is 3. The lowest BCUT2D eigenvalue weighted by molar-refractivity contribution is 0.252. The van der Waals surface area contributed by atoms with Crippen LogP contribution in [0.25, 0.3) is 11.3 Å². The van der Waals surface area contributed by atoms with Gasteiger partial charge in [0.15, 0.2) is 15.7 Å². The van der Waals surface area contributed by atoms with E-state index in [9.17, 15) is 13.2 Å². The van der Waals surface area contributed by atoms with Crippen molar-refractivity contribution in [3.05, 3.63) is 55.1 Å². The Bertz CT molecular complexity index is 1240. The van der Waals surface area contributed by atoms with Crippen LogP contribution in [0.4, 0.5) is 22.0 Å². The van der Waals surface area contributed by atoms with Crippen molar-refractivity contribution in [2.45, 2.75) is 43.0 Å². The Morgan fingerprint density at radius 3 is 2.58 bits per heavy atom. The minimum Gasteiger partial charge on any atom is -0.396 e. The van der Waals surface area contributed by atoms with Gasteiger partial charge in [-0.2, -0.15) is 0 Å². The number of nitrogens with two attached hydrogens (primary N) is 1. The Hall–Kier alpha value is -3.53. The molecule has 0 radical (unpaired) electrons. The van der Waals surface area contributed by atoms with E-state index in [4.69, 9.17) is 10.7 Å². The molecule has 172 valence electrons. The van der Waals surface area contributed by atoms with Gasteiger partial charge in [-0.1, -0.05) is 19.3 Å². The zero-order chi connectivity index (χ0) is 23.4. The summed E-state index contributed by atoms with van der Waals surface area (Å²) in [4.78, 5) is 27.9. The number of carbonyl (C=O) groups excluding carboxylic acids is 1. The molecule has 3 heterocycles. The first-order valence-corrected chi connectivity index (χ1v) is 12.6. The molecule has 0 bridgehead atoms. The van der Waals surface area contributed by atoms with Crippen molar-refractivity contribution >= 4 is 33.1 Å². The second-order valence-corrected chi connectivity index (χ2v) is 10.1. The molecule has 2 amide bonds. The summed E-state index contributed by atoms with van der Waals surface area (Å²) >= 11 is 0. The number of pyridine rings is 3. The third-order valence-corrected chi connectivity index (χ3v) is 6.72. The summed E-state index contributed by atoms with van der Waals surface area (Å²) in [5.41, 5.74) is 8.23. The number of nitrogens with one attached hydrogen (secondary N) is 1. The van der Waals surface area contributed by atoms with Crippen LogP contribution in [0.3, 0.4) is 0 Å². The van der Waals surface area contributed by atoms with Gasteiger partial charge in [0.2, 0.25) is 0 Å². The Labute approximate surface area is 193 Å². The lowest BCUT2D eigenvalue weighted by Gasteiger charge is -2.34. The lowest BCUT2D eigenvalue weighted by atomic mass is 9.94. The molecule has 3 aromatic rings. The Morgan fingerprint density at radius 2 is 1.88 bits per heavy atom. The van der Waals surface area contributed by atoms with E-state index in [0.717, 1.165) is 38.4 Å². The molecule has 0 aliphatic heterocycles. The number of urea groups is 1. The molecule has 1 fully saturated rings. The summed E-state index contributed by atoms with van der Waals surface area (Å²) in [5.74, 6) is 0.338. The monoisotopic (exact) mass is 466 g/mol. The molecule has 0 atom stereocenters. The predicted molar refractivity (Wildman–Crippen MR) is 128 cm³/mol. The average molecular weight is 467 g/mol. The minimum atomic E-state index is -3.43. The van der Waals surface area contributed by atoms with Crippen LogP contribution in [0.5, 0.6) is 0 Å². The molecule has 33 heavy (non-hydrogen) atoms. The van der Waals surface area contributed by atoms with E-state index in [0.29, 0.717) is 28.5 Å². The van der Waals surface area contributed by atoms with Crippen molar-refractivity contribution in [3.8, 4) is 11.3 Å². The number of carbonyl (C=O) groups is 1. The van der Waals surface area contributed by atoms with E-state index in [1.807, 2.05) is 0 Å². The van der Waals surface area contributed by atoms with E-state index < -0.39 is 9.84 Å². The van der Waals surface area contributed by atoms with Crippen LogP contribution >= 0.6 is 0 Å². The van der Waals surface area contributed by atoms with Crippen molar-refractivity contribution < 1.29 is 13.2 Å². The van der Waals surface area contributed by atoms with Crippen LogP contribution in [-0.4, -0.2) is 41.7 Å². The maximum absolute atomic E-state index is 13.4. The molecule has 0 saturated heterocycles. The molecular formula is C23H26N6O3S. The second kappa shape index (κ2) is 9.53. The van der Waals surface area contributed by atoms with E-state index in [2.05, 4.69) is 15.3 Å². The van der Waals surface area contributed by atoms with Gasteiger partial charge >= 0.3 is 6.03 Å². The molecule has 9 nitrogen and oxygen atoms in total. The van der Waals surface area contributed by atoms with Gasteiger partial charge in [-0.15, -0.1) is 0 Å². The van der Waals surface area contributed by atoms with Crippen LogP contribution in [0.1, 0.15) is 32.1 Å². The van der Waals surface area contributed by atoms with Crippen LogP contribution in [0, 0.1) is 0 Å². The average Bonchev–Trinajstić information content (AvgIpc) is 2.81. The summed E-state index contributed by atoms with van der Waals surface area (Å²) in [6.07, 6.45) is 12.0. The van der Waals surface area contributed by atoms with Crippen molar-refractivity contribution in [3.63, 3.8) is 0 Å². The normalized spacial score (nSPS) is 14.6. The molecule has 4 rings (SSSR count). The number of anilines is 3. The Kier molecular flexibility index (Phi) is 6.55. The molecule has 3 aromatic heterocycles. The standard InChI is InChI=1S/C23H26N6O3S/c1-33(31,32)19-12-16(13-26-15-19)21-10-9-20(24)22(28-21)29(18-7-3-2-4-8-18)23(30)27-17-6-5-11-25-14-17/h5-6,9-15,18H,2-4,7-8,24H2,1H3,(H,27,30). The highest BCUT2D eigenvalue weighted by Crippen LogP contribution is 2.32. The lowest BCUT2D eigenvalue weighted by Crippen LogP contribution is -2.45. The third-order valence-electron chi connectivity index (χ3n) is 5.64. The predicted octanol–water partition coefficient (Wildman–Crippen LogP) is 3.90. The fourth-order valence-corrected chi connectivity index (χ4v) is 4.56. The summed E-state index contributed by atoms with van der Waals surface area (Å²) in [6, 6.07) is 8.01. The number of nitrogen functional groups attached to an aromatic ring is 1. The van der Waals surface area contributed by atoms with E-state index >= 15 is 0 Å². The highest BCUT2D eigenvalue weighted by atomic mass is 32.2. The Balaban J connectivity index is 1.74. The third kappa shape index (κ3) is 5.28. The molecule has 1 saturated carbocycles. The van der Waals surface area contributed by atoms with Gasteiger partial charge < -0.3 is 11.1 Å². The summed E-state index contributed by atoms with van der Waals surface area (Å²) < 4.78 is 23.9. The topological polar surface area (TPSA) is 131 Å². The fourth-order valence-electron chi connectivity index (χ4n) is 3.97. The van der Waals surface area contributed by atoms with E-state index in [1.54, 1.807) is 41.6 Å². The summed E-state index contributed by atoms with van der Waals surface area (Å²) in [7, 11) is -3.43. The maximum Gasteiger partial charge on any atom is 0.327 e. The molecule has 10 heteroatoms. The Morgan fingerprint density at radius 1 is 1.09 bits per heavy atom. The van der Waals surface area contributed by atoms with Crippen LogP contribution < -0.4 is 16.0 Å². The number of rotatable bonds is 5. The number of sulfone groups is 1. The van der Waals surface area contributed by atoms with Gasteiger partial charge in [0, 0.05) is 36.5 Å².